The lowest BCUT2D eigenvalue weighted by atomic mass is 10.0. The number of hydrogen-bond acceptors (Lipinski definition) is 1. The van der Waals surface area contributed by atoms with Crippen LogP contribution in [0, 0.1) is 17.5 Å². The minimum Gasteiger partial charge on any atom is -0.324 e. The highest BCUT2D eigenvalue weighted by molar-refractivity contribution is 5.85. The van der Waals surface area contributed by atoms with E-state index < -0.39 is 23.5 Å². The number of hydrogen-bond donors (Lipinski definition) is 1. The van der Waals surface area contributed by atoms with Crippen molar-refractivity contribution < 1.29 is 13.2 Å². The summed E-state index contributed by atoms with van der Waals surface area (Å²) in [6.45, 7) is 2.05. The van der Waals surface area contributed by atoms with Crippen molar-refractivity contribution in [3.05, 3.63) is 35.1 Å². The van der Waals surface area contributed by atoms with Crippen molar-refractivity contribution in [1.82, 2.24) is 0 Å². The molecule has 0 radical (unpaired) electrons. The molecule has 0 aliphatic rings. The first-order chi connectivity index (χ1) is 7.56. The average Bonchev–Trinajstić information content (AvgIpc) is 2.23. The Labute approximate surface area is 106 Å². The van der Waals surface area contributed by atoms with Gasteiger partial charge >= 0.3 is 0 Å². The molecular weight excluding hydrogens is 251 g/mol. The van der Waals surface area contributed by atoms with Crippen LogP contribution in [0.2, 0.25) is 0 Å². The highest BCUT2D eigenvalue weighted by Crippen LogP contribution is 2.22. The largest absolute Gasteiger partial charge is 0.324 e. The molecule has 1 aromatic rings. The Hall–Kier alpha value is -0.740. The number of benzene rings is 1. The number of rotatable bonds is 5. The minimum atomic E-state index is -1.18. The van der Waals surface area contributed by atoms with E-state index in [-0.39, 0.29) is 18.0 Å². The Morgan fingerprint density at radius 3 is 2.24 bits per heavy atom. The van der Waals surface area contributed by atoms with Crippen LogP contribution in [0.5, 0.6) is 0 Å². The van der Waals surface area contributed by atoms with Crippen molar-refractivity contribution in [2.75, 3.05) is 0 Å². The van der Waals surface area contributed by atoms with Gasteiger partial charge in [0.2, 0.25) is 0 Å². The Morgan fingerprint density at radius 1 is 1.06 bits per heavy atom. The molecule has 0 amide bonds. The smallest absolute Gasteiger partial charge is 0.161 e. The van der Waals surface area contributed by atoms with Gasteiger partial charge in [0.1, 0.15) is 5.82 Å². The van der Waals surface area contributed by atoms with Crippen molar-refractivity contribution in [1.29, 1.82) is 0 Å². The molecule has 0 aromatic heterocycles. The number of unbranched alkanes of at least 4 members (excludes halogenated alkanes) is 2. The third kappa shape index (κ3) is 4.56. The predicted molar refractivity (Wildman–Crippen MR) is 64.6 cm³/mol. The zero-order valence-corrected chi connectivity index (χ0v) is 10.5. The van der Waals surface area contributed by atoms with Gasteiger partial charge in [-0.1, -0.05) is 26.2 Å². The molecule has 0 aliphatic carbocycles. The summed E-state index contributed by atoms with van der Waals surface area (Å²) >= 11 is 0. The molecule has 1 nitrogen and oxygen atoms in total. The molecule has 0 saturated carbocycles. The van der Waals surface area contributed by atoms with E-state index in [1.807, 2.05) is 6.92 Å². The lowest BCUT2D eigenvalue weighted by molar-refractivity contribution is 0.478. The van der Waals surface area contributed by atoms with Gasteiger partial charge in [0.05, 0.1) is 0 Å². The van der Waals surface area contributed by atoms with Crippen LogP contribution in [0.4, 0.5) is 13.2 Å². The van der Waals surface area contributed by atoms with Gasteiger partial charge in [-0.3, -0.25) is 0 Å². The summed E-state index contributed by atoms with van der Waals surface area (Å²) in [7, 11) is 0. The van der Waals surface area contributed by atoms with E-state index in [1.165, 1.54) is 0 Å². The summed E-state index contributed by atoms with van der Waals surface area (Å²) in [4.78, 5) is 0. The first-order valence-electron chi connectivity index (χ1n) is 5.46. The second-order valence-corrected chi connectivity index (χ2v) is 3.89. The van der Waals surface area contributed by atoms with Crippen LogP contribution >= 0.6 is 12.4 Å². The monoisotopic (exact) mass is 267 g/mol. The number of nitrogens with two attached hydrogens (primary N) is 1. The second-order valence-electron chi connectivity index (χ2n) is 3.89. The van der Waals surface area contributed by atoms with Crippen LogP contribution in [0.25, 0.3) is 0 Å². The SMILES string of the molecule is CCCCC[C@H](N)c1cc(F)c(F)cc1F.Cl. The molecule has 0 fully saturated rings. The van der Waals surface area contributed by atoms with E-state index in [9.17, 15) is 13.2 Å². The van der Waals surface area contributed by atoms with Crippen molar-refractivity contribution in [3.63, 3.8) is 0 Å². The van der Waals surface area contributed by atoms with Crippen molar-refractivity contribution >= 4 is 12.4 Å². The van der Waals surface area contributed by atoms with Gasteiger partial charge in [0, 0.05) is 17.7 Å². The van der Waals surface area contributed by atoms with Crippen molar-refractivity contribution in [2.45, 2.75) is 38.6 Å². The maximum absolute atomic E-state index is 13.3. The first-order valence-corrected chi connectivity index (χ1v) is 5.46. The molecule has 98 valence electrons. The van der Waals surface area contributed by atoms with E-state index in [0.717, 1.165) is 25.3 Å². The van der Waals surface area contributed by atoms with Crippen LogP contribution in [0.15, 0.2) is 12.1 Å². The highest BCUT2D eigenvalue weighted by Gasteiger charge is 2.15. The highest BCUT2D eigenvalue weighted by atomic mass is 35.5. The minimum absolute atomic E-state index is 0. The molecule has 0 saturated heterocycles. The zero-order chi connectivity index (χ0) is 12.1. The third-order valence-corrected chi connectivity index (χ3v) is 2.56. The summed E-state index contributed by atoms with van der Waals surface area (Å²) < 4.78 is 38.9. The Balaban J connectivity index is 0.00000256. The molecule has 1 rings (SSSR count). The van der Waals surface area contributed by atoms with Crippen molar-refractivity contribution in [2.24, 2.45) is 5.73 Å². The van der Waals surface area contributed by atoms with Gasteiger partial charge in [-0.25, -0.2) is 13.2 Å². The lowest BCUT2D eigenvalue weighted by Gasteiger charge is -2.13. The lowest BCUT2D eigenvalue weighted by Crippen LogP contribution is -2.13. The van der Waals surface area contributed by atoms with Gasteiger partial charge in [-0.2, -0.15) is 0 Å². The van der Waals surface area contributed by atoms with Crippen LogP contribution in [0.3, 0.4) is 0 Å². The fraction of sp³-hybridized carbons (Fsp3) is 0.500. The average molecular weight is 268 g/mol. The zero-order valence-electron chi connectivity index (χ0n) is 9.68. The normalized spacial score (nSPS) is 12.1. The topological polar surface area (TPSA) is 26.0 Å². The molecule has 0 spiro atoms. The Kier molecular flexibility index (Phi) is 7.23. The molecule has 5 heteroatoms. The summed E-state index contributed by atoms with van der Waals surface area (Å²) in [5.41, 5.74) is 5.78. The fourth-order valence-corrected chi connectivity index (χ4v) is 1.59. The second kappa shape index (κ2) is 7.56. The van der Waals surface area contributed by atoms with Gasteiger partial charge in [-0.05, 0) is 12.5 Å². The molecule has 2 N–H and O–H groups in total. The van der Waals surface area contributed by atoms with E-state index in [2.05, 4.69) is 0 Å². The van der Waals surface area contributed by atoms with Crippen LogP contribution in [-0.4, -0.2) is 0 Å². The van der Waals surface area contributed by atoms with E-state index in [4.69, 9.17) is 5.73 Å². The standard InChI is InChI=1S/C12H16F3N.ClH/c1-2-3-4-5-12(16)8-6-10(14)11(15)7-9(8)13;/h6-7,12H,2-5,16H2,1H3;1H/t12-;/m0./s1. The van der Waals surface area contributed by atoms with Gasteiger partial charge in [-0.15, -0.1) is 12.4 Å². The van der Waals surface area contributed by atoms with E-state index in [0.29, 0.717) is 12.5 Å². The molecule has 0 unspecified atom stereocenters. The molecule has 1 atom stereocenters. The van der Waals surface area contributed by atoms with Gasteiger partial charge < -0.3 is 5.73 Å². The molecule has 0 heterocycles. The van der Waals surface area contributed by atoms with Crippen LogP contribution < -0.4 is 5.73 Å². The third-order valence-electron chi connectivity index (χ3n) is 2.56. The maximum Gasteiger partial charge on any atom is 0.161 e. The summed E-state index contributed by atoms with van der Waals surface area (Å²) in [6, 6.07) is 0.827. The predicted octanol–water partition coefficient (Wildman–Crippen LogP) is 4.11. The summed E-state index contributed by atoms with van der Waals surface area (Å²) in [6.07, 6.45) is 3.47. The number of halogens is 4. The molecule has 17 heavy (non-hydrogen) atoms. The quantitative estimate of drug-likeness (QED) is 0.631. The Bertz CT molecular complexity index is 358. The Morgan fingerprint density at radius 2 is 1.65 bits per heavy atom. The van der Waals surface area contributed by atoms with Crippen LogP contribution in [0.1, 0.15) is 44.2 Å². The fourth-order valence-electron chi connectivity index (χ4n) is 1.59. The summed E-state index contributed by atoms with van der Waals surface area (Å²) in [5, 5.41) is 0. The van der Waals surface area contributed by atoms with E-state index in [1.54, 1.807) is 0 Å². The molecule has 1 aromatic carbocycles. The maximum atomic E-state index is 13.3. The summed E-state index contributed by atoms with van der Waals surface area (Å²) in [5.74, 6) is -3.01. The van der Waals surface area contributed by atoms with Gasteiger partial charge in [0.25, 0.3) is 0 Å². The first kappa shape index (κ1) is 16.3. The van der Waals surface area contributed by atoms with Gasteiger partial charge in [0.15, 0.2) is 11.6 Å². The molecule has 0 aliphatic heterocycles. The van der Waals surface area contributed by atoms with Crippen LogP contribution in [-0.2, 0) is 0 Å². The molecule has 0 bridgehead atoms. The van der Waals surface area contributed by atoms with Crippen molar-refractivity contribution in [3.8, 4) is 0 Å². The molecular formula is C12H17ClF3N. The van der Waals surface area contributed by atoms with E-state index >= 15 is 0 Å².